The highest BCUT2D eigenvalue weighted by Crippen LogP contribution is 2.34. The zero-order chi connectivity index (χ0) is 21.5. The molecule has 4 rings (SSSR count). The van der Waals surface area contributed by atoms with Crippen LogP contribution in [0, 0.1) is 13.8 Å². The standard InChI is InChI=1S/C21H18F3N5O/c1-13-11-28(12-25-13)18-9-8-15(10-19(18)30-3)20-26-14(2)29(27-20)17-7-5-4-6-16(17)21(22,23)24/h4-12H,1-3H3. The van der Waals surface area contributed by atoms with Crippen molar-refractivity contribution in [3.8, 4) is 28.5 Å². The van der Waals surface area contributed by atoms with Crippen LogP contribution in [0.1, 0.15) is 17.1 Å². The molecule has 0 fully saturated rings. The molecule has 9 heteroatoms. The summed E-state index contributed by atoms with van der Waals surface area (Å²) in [6, 6.07) is 10.7. The number of aromatic nitrogens is 5. The van der Waals surface area contributed by atoms with Gasteiger partial charge in [0.15, 0.2) is 5.82 Å². The number of nitrogens with zero attached hydrogens (tertiary/aromatic N) is 5. The highest BCUT2D eigenvalue weighted by Gasteiger charge is 2.34. The van der Waals surface area contributed by atoms with Crippen molar-refractivity contribution < 1.29 is 17.9 Å². The Labute approximate surface area is 170 Å². The maximum absolute atomic E-state index is 13.4. The van der Waals surface area contributed by atoms with Crippen LogP contribution in [0.2, 0.25) is 0 Å². The van der Waals surface area contributed by atoms with Gasteiger partial charge >= 0.3 is 6.18 Å². The Bertz CT molecular complexity index is 1210. The average molecular weight is 413 g/mol. The Balaban J connectivity index is 1.78. The quantitative estimate of drug-likeness (QED) is 0.484. The smallest absolute Gasteiger partial charge is 0.418 e. The second-order valence-corrected chi connectivity index (χ2v) is 6.72. The fourth-order valence-electron chi connectivity index (χ4n) is 3.22. The van der Waals surface area contributed by atoms with E-state index in [4.69, 9.17) is 4.74 Å². The fourth-order valence-corrected chi connectivity index (χ4v) is 3.22. The first kappa shape index (κ1) is 19.7. The predicted molar refractivity (Wildman–Crippen MR) is 105 cm³/mol. The maximum atomic E-state index is 13.4. The van der Waals surface area contributed by atoms with E-state index >= 15 is 0 Å². The number of halogens is 3. The molecule has 0 radical (unpaired) electrons. The SMILES string of the molecule is COc1cc(-c2nc(C)n(-c3ccccc3C(F)(F)F)n2)ccc1-n1cnc(C)c1. The van der Waals surface area contributed by atoms with Gasteiger partial charge in [-0.2, -0.15) is 13.2 Å². The lowest BCUT2D eigenvalue weighted by atomic mass is 10.1. The molecule has 0 saturated heterocycles. The van der Waals surface area contributed by atoms with Gasteiger partial charge < -0.3 is 9.30 Å². The molecular weight excluding hydrogens is 395 g/mol. The van der Waals surface area contributed by atoms with Crippen molar-refractivity contribution >= 4 is 0 Å². The van der Waals surface area contributed by atoms with E-state index in [9.17, 15) is 13.2 Å². The summed E-state index contributed by atoms with van der Waals surface area (Å²) in [5.74, 6) is 1.21. The number of aryl methyl sites for hydroxylation is 2. The molecule has 0 spiro atoms. The van der Waals surface area contributed by atoms with Crippen LogP contribution in [-0.4, -0.2) is 31.4 Å². The minimum absolute atomic E-state index is 0.0706. The fraction of sp³-hybridized carbons (Fsp3) is 0.190. The van der Waals surface area contributed by atoms with Gasteiger partial charge in [0.1, 0.15) is 11.6 Å². The second-order valence-electron chi connectivity index (χ2n) is 6.72. The normalized spacial score (nSPS) is 11.7. The number of benzene rings is 2. The first-order chi connectivity index (χ1) is 14.3. The number of hydrogen-bond acceptors (Lipinski definition) is 4. The van der Waals surface area contributed by atoms with Gasteiger partial charge in [0.2, 0.25) is 0 Å². The molecule has 154 valence electrons. The molecule has 0 unspecified atom stereocenters. The van der Waals surface area contributed by atoms with E-state index in [-0.39, 0.29) is 5.69 Å². The Hall–Kier alpha value is -3.62. The third-order valence-corrected chi connectivity index (χ3v) is 4.63. The van der Waals surface area contributed by atoms with Crippen LogP contribution in [0.25, 0.3) is 22.8 Å². The lowest BCUT2D eigenvalue weighted by Gasteiger charge is -2.12. The van der Waals surface area contributed by atoms with E-state index < -0.39 is 11.7 Å². The van der Waals surface area contributed by atoms with Gasteiger partial charge in [-0.15, -0.1) is 5.10 Å². The topological polar surface area (TPSA) is 57.8 Å². The highest BCUT2D eigenvalue weighted by molar-refractivity contribution is 5.63. The minimum Gasteiger partial charge on any atom is -0.495 e. The highest BCUT2D eigenvalue weighted by atomic mass is 19.4. The second kappa shape index (κ2) is 7.33. The van der Waals surface area contributed by atoms with Crippen LogP contribution >= 0.6 is 0 Å². The van der Waals surface area contributed by atoms with E-state index in [1.165, 1.54) is 22.9 Å². The van der Waals surface area contributed by atoms with E-state index in [1.807, 2.05) is 23.8 Å². The first-order valence-corrected chi connectivity index (χ1v) is 9.07. The Morgan fingerprint density at radius 3 is 2.43 bits per heavy atom. The average Bonchev–Trinajstić information content (AvgIpc) is 3.32. The molecule has 2 aromatic carbocycles. The van der Waals surface area contributed by atoms with E-state index in [0.29, 0.717) is 23.0 Å². The zero-order valence-corrected chi connectivity index (χ0v) is 16.5. The number of rotatable bonds is 4. The molecular formula is C21H18F3N5O. The summed E-state index contributed by atoms with van der Waals surface area (Å²) in [7, 11) is 1.54. The van der Waals surface area contributed by atoms with Crippen molar-refractivity contribution in [2.45, 2.75) is 20.0 Å². The summed E-state index contributed by atoms with van der Waals surface area (Å²) in [5, 5.41) is 4.34. The van der Waals surface area contributed by atoms with Gasteiger partial charge in [0, 0.05) is 11.8 Å². The first-order valence-electron chi connectivity index (χ1n) is 9.07. The van der Waals surface area contributed by atoms with Crippen molar-refractivity contribution in [2.24, 2.45) is 0 Å². The Kier molecular flexibility index (Phi) is 4.81. The van der Waals surface area contributed by atoms with Gasteiger partial charge in [-0.1, -0.05) is 12.1 Å². The number of ether oxygens (including phenoxy) is 1. The lowest BCUT2D eigenvalue weighted by Crippen LogP contribution is -2.12. The number of alkyl halides is 3. The molecule has 30 heavy (non-hydrogen) atoms. The molecule has 6 nitrogen and oxygen atoms in total. The molecule has 0 saturated carbocycles. The van der Waals surface area contributed by atoms with E-state index in [0.717, 1.165) is 17.4 Å². The molecule has 0 amide bonds. The van der Waals surface area contributed by atoms with Gasteiger partial charge in [0.05, 0.1) is 36.1 Å². The summed E-state index contributed by atoms with van der Waals surface area (Å²) in [5.41, 5.74) is 1.42. The van der Waals surface area contributed by atoms with E-state index in [2.05, 4.69) is 15.1 Å². The Morgan fingerprint density at radius 1 is 1.00 bits per heavy atom. The van der Waals surface area contributed by atoms with Crippen LogP contribution in [0.5, 0.6) is 5.75 Å². The van der Waals surface area contributed by atoms with Crippen LogP contribution in [0.15, 0.2) is 55.0 Å². The van der Waals surface area contributed by atoms with Crippen molar-refractivity contribution in [3.05, 3.63) is 72.1 Å². The summed E-state index contributed by atoms with van der Waals surface area (Å²) in [6.45, 7) is 3.50. The third kappa shape index (κ3) is 3.54. The maximum Gasteiger partial charge on any atom is 0.418 e. The van der Waals surface area contributed by atoms with Gasteiger partial charge in [0.25, 0.3) is 0 Å². The molecule has 0 atom stereocenters. The van der Waals surface area contributed by atoms with Crippen molar-refractivity contribution in [1.82, 2.24) is 24.3 Å². The third-order valence-electron chi connectivity index (χ3n) is 4.63. The van der Waals surface area contributed by atoms with E-state index in [1.54, 1.807) is 32.5 Å². The minimum atomic E-state index is -4.50. The molecule has 0 bridgehead atoms. The van der Waals surface area contributed by atoms with Crippen LogP contribution in [0.3, 0.4) is 0 Å². The summed E-state index contributed by atoms with van der Waals surface area (Å²) >= 11 is 0. The number of hydrogen-bond donors (Lipinski definition) is 0. The predicted octanol–water partition coefficient (Wildman–Crippen LogP) is 4.76. The number of para-hydroxylation sites is 1. The number of methoxy groups -OCH3 is 1. The van der Waals surface area contributed by atoms with Crippen LogP contribution in [0.4, 0.5) is 13.2 Å². The number of imidazole rings is 1. The Morgan fingerprint density at radius 2 is 1.77 bits per heavy atom. The van der Waals surface area contributed by atoms with Gasteiger partial charge in [-0.25, -0.2) is 14.6 Å². The van der Waals surface area contributed by atoms with Crippen molar-refractivity contribution in [3.63, 3.8) is 0 Å². The molecule has 0 aliphatic heterocycles. The molecule has 0 aliphatic carbocycles. The summed E-state index contributed by atoms with van der Waals surface area (Å²) in [4.78, 5) is 8.59. The van der Waals surface area contributed by atoms with Gasteiger partial charge in [-0.3, -0.25) is 0 Å². The lowest BCUT2D eigenvalue weighted by molar-refractivity contribution is -0.137. The largest absolute Gasteiger partial charge is 0.495 e. The molecule has 0 N–H and O–H groups in total. The zero-order valence-electron chi connectivity index (χ0n) is 16.5. The molecule has 2 aromatic heterocycles. The monoisotopic (exact) mass is 413 g/mol. The summed E-state index contributed by atoms with van der Waals surface area (Å²) < 4.78 is 48.8. The van der Waals surface area contributed by atoms with Crippen molar-refractivity contribution in [1.29, 1.82) is 0 Å². The molecule has 4 aromatic rings. The molecule has 0 aliphatic rings. The molecule has 2 heterocycles. The summed E-state index contributed by atoms with van der Waals surface area (Å²) in [6.07, 6.45) is -0.955. The van der Waals surface area contributed by atoms with Crippen LogP contribution < -0.4 is 4.74 Å². The van der Waals surface area contributed by atoms with Crippen LogP contribution in [-0.2, 0) is 6.18 Å². The van der Waals surface area contributed by atoms with Crippen molar-refractivity contribution in [2.75, 3.05) is 7.11 Å². The van der Waals surface area contributed by atoms with Gasteiger partial charge in [-0.05, 0) is 44.2 Å².